The second-order valence-corrected chi connectivity index (χ2v) is 7.64. The first-order valence-corrected chi connectivity index (χ1v) is 10.0. The summed E-state index contributed by atoms with van der Waals surface area (Å²) in [4.78, 5) is 26.2. The van der Waals surface area contributed by atoms with E-state index in [4.69, 9.17) is 0 Å². The molecule has 8 nitrogen and oxygen atoms in total. The lowest BCUT2D eigenvalue weighted by molar-refractivity contribution is -0.153. The molecule has 0 saturated heterocycles. The fraction of sp³-hybridized carbons (Fsp3) is 0.261. The van der Waals surface area contributed by atoms with Crippen LogP contribution in [0.15, 0.2) is 60.8 Å². The van der Waals surface area contributed by atoms with Crippen molar-refractivity contribution in [1.82, 2.24) is 20.0 Å². The number of benzene rings is 2. The number of amides is 2. The second-order valence-electron chi connectivity index (χ2n) is 7.64. The summed E-state index contributed by atoms with van der Waals surface area (Å²) in [6.07, 6.45) is -1.80. The quantitative estimate of drug-likeness (QED) is 0.553. The molecule has 3 N–H and O–H groups in total. The van der Waals surface area contributed by atoms with Gasteiger partial charge in [0.2, 0.25) is 0 Å². The van der Waals surface area contributed by atoms with E-state index in [1.54, 1.807) is 4.68 Å². The molecule has 0 fully saturated rings. The van der Waals surface area contributed by atoms with Crippen molar-refractivity contribution in [3.05, 3.63) is 83.2 Å². The lowest BCUT2D eigenvalue weighted by Gasteiger charge is -2.22. The lowest BCUT2D eigenvalue weighted by atomic mass is 10.1. The molecule has 31 heavy (non-hydrogen) atoms. The summed E-state index contributed by atoms with van der Waals surface area (Å²) in [5, 5.41) is 27.3. The molecule has 0 spiro atoms. The number of fused-ring (bicyclic) bond motifs is 1. The van der Waals surface area contributed by atoms with Gasteiger partial charge in [0.15, 0.2) is 12.2 Å². The molecule has 2 atom stereocenters. The third-order valence-electron chi connectivity index (χ3n) is 5.36. The summed E-state index contributed by atoms with van der Waals surface area (Å²) in [5.41, 5.74) is 4.60. The Bertz CT molecular complexity index is 1070. The molecule has 8 heteroatoms. The fourth-order valence-electron chi connectivity index (χ4n) is 3.57. The number of hydrogen-bond donors (Lipinski definition) is 3. The van der Waals surface area contributed by atoms with Crippen LogP contribution >= 0.6 is 0 Å². The van der Waals surface area contributed by atoms with Gasteiger partial charge >= 0.3 is 0 Å². The van der Waals surface area contributed by atoms with Gasteiger partial charge in [0.05, 0.1) is 11.4 Å². The monoisotopic (exact) mass is 420 g/mol. The Balaban J connectivity index is 1.30. The Hall–Kier alpha value is -3.49. The molecular formula is C23H24N4O4. The number of rotatable bonds is 6. The molecule has 160 valence electrons. The molecule has 3 aromatic rings. The maximum Gasteiger partial charge on any atom is 0.255 e. The first kappa shape index (κ1) is 20.8. The van der Waals surface area contributed by atoms with E-state index in [1.807, 2.05) is 67.7 Å². The molecule has 2 aromatic carbocycles. The van der Waals surface area contributed by atoms with E-state index in [2.05, 4.69) is 10.4 Å². The zero-order valence-electron chi connectivity index (χ0n) is 17.1. The van der Waals surface area contributed by atoms with Gasteiger partial charge in [0.25, 0.3) is 11.8 Å². The van der Waals surface area contributed by atoms with Gasteiger partial charge < -0.3 is 20.4 Å². The first-order valence-electron chi connectivity index (χ1n) is 10.0. The van der Waals surface area contributed by atoms with E-state index in [1.165, 1.54) is 4.90 Å². The number of aryl methyl sites for hydroxylation is 1. The summed E-state index contributed by atoms with van der Waals surface area (Å²) in [6.45, 7) is 2.77. The van der Waals surface area contributed by atoms with Gasteiger partial charge in [-0.25, -0.2) is 4.68 Å². The zero-order valence-corrected chi connectivity index (χ0v) is 17.1. The van der Waals surface area contributed by atoms with E-state index < -0.39 is 24.0 Å². The van der Waals surface area contributed by atoms with Crippen LogP contribution in [0.25, 0.3) is 5.69 Å². The standard InChI is InChI=1S/C23H24N4O4/c1-15-10-11-27(25-15)19-8-6-16(7-9-19)12-24-22(30)20(28)21(29)23(31)26-13-17-4-2-3-5-18(17)14-26/h2-11,20-21,28-29H,12-14H2,1H3,(H,24,30)/t20-,21-/m1/s1. The summed E-state index contributed by atoms with van der Waals surface area (Å²) in [7, 11) is 0. The zero-order chi connectivity index (χ0) is 22.0. The molecule has 1 aliphatic rings. The number of nitrogens with zero attached hydrogens (tertiary/aromatic N) is 3. The number of aliphatic hydroxyl groups is 2. The van der Waals surface area contributed by atoms with Crippen molar-refractivity contribution < 1.29 is 19.8 Å². The lowest BCUT2D eigenvalue weighted by Crippen LogP contribution is -2.49. The van der Waals surface area contributed by atoms with Gasteiger partial charge in [-0.05, 0) is 41.8 Å². The van der Waals surface area contributed by atoms with Crippen molar-refractivity contribution in [2.24, 2.45) is 0 Å². The molecule has 2 amide bonds. The largest absolute Gasteiger partial charge is 0.380 e. The van der Waals surface area contributed by atoms with Crippen LogP contribution < -0.4 is 5.32 Å². The maximum atomic E-state index is 12.5. The number of carbonyl (C=O) groups is 2. The Kier molecular flexibility index (Phi) is 5.83. The Morgan fingerprint density at radius 3 is 2.23 bits per heavy atom. The number of aromatic nitrogens is 2. The third-order valence-corrected chi connectivity index (χ3v) is 5.36. The molecule has 0 unspecified atom stereocenters. The third kappa shape index (κ3) is 4.50. The van der Waals surface area contributed by atoms with Crippen molar-refractivity contribution in [3.8, 4) is 5.69 Å². The Labute approximate surface area is 179 Å². The molecular weight excluding hydrogens is 396 g/mol. The van der Waals surface area contributed by atoms with Crippen molar-refractivity contribution >= 4 is 11.8 Å². The Morgan fingerprint density at radius 2 is 1.65 bits per heavy atom. The van der Waals surface area contributed by atoms with Gasteiger partial charge in [0, 0.05) is 25.8 Å². The number of carbonyl (C=O) groups excluding carboxylic acids is 2. The highest BCUT2D eigenvalue weighted by Gasteiger charge is 2.35. The van der Waals surface area contributed by atoms with Crippen LogP contribution in [0.3, 0.4) is 0 Å². The van der Waals surface area contributed by atoms with Crippen LogP contribution in [0.4, 0.5) is 0 Å². The highest BCUT2D eigenvalue weighted by Crippen LogP contribution is 2.23. The van der Waals surface area contributed by atoms with E-state index in [-0.39, 0.29) is 6.54 Å². The normalized spacial score (nSPS) is 14.7. The SMILES string of the molecule is Cc1ccn(-c2ccc(CNC(=O)[C@H](O)[C@@H](O)C(=O)N3Cc4ccccc4C3)cc2)n1. The van der Waals surface area contributed by atoms with Crippen LogP contribution in [0.2, 0.25) is 0 Å². The minimum absolute atomic E-state index is 0.157. The molecule has 1 aliphatic heterocycles. The molecule has 0 radical (unpaired) electrons. The van der Waals surface area contributed by atoms with Crippen LogP contribution in [0.5, 0.6) is 0 Å². The average Bonchev–Trinajstić information content (AvgIpc) is 3.42. The van der Waals surface area contributed by atoms with E-state index in [0.717, 1.165) is 28.1 Å². The van der Waals surface area contributed by atoms with Crippen molar-refractivity contribution in [3.63, 3.8) is 0 Å². The van der Waals surface area contributed by atoms with E-state index in [0.29, 0.717) is 13.1 Å². The van der Waals surface area contributed by atoms with E-state index in [9.17, 15) is 19.8 Å². The van der Waals surface area contributed by atoms with Gasteiger partial charge in [-0.1, -0.05) is 36.4 Å². The fourth-order valence-corrected chi connectivity index (χ4v) is 3.57. The minimum atomic E-state index is -1.84. The summed E-state index contributed by atoms with van der Waals surface area (Å²) in [6, 6.07) is 16.9. The van der Waals surface area contributed by atoms with Gasteiger partial charge in [0.1, 0.15) is 0 Å². The van der Waals surface area contributed by atoms with Crippen molar-refractivity contribution in [1.29, 1.82) is 0 Å². The smallest absolute Gasteiger partial charge is 0.255 e. The van der Waals surface area contributed by atoms with Gasteiger partial charge in [-0.3, -0.25) is 9.59 Å². The summed E-state index contributed by atoms with van der Waals surface area (Å²) < 4.78 is 1.75. The molecule has 0 bridgehead atoms. The number of aliphatic hydroxyl groups excluding tert-OH is 2. The van der Waals surface area contributed by atoms with E-state index >= 15 is 0 Å². The summed E-state index contributed by atoms with van der Waals surface area (Å²) >= 11 is 0. The van der Waals surface area contributed by atoms with Gasteiger partial charge in [-0.2, -0.15) is 5.10 Å². The second kappa shape index (κ2) is 8.71. The summed E-state index contributed by atoms with van der Waals surface area (Å²) in [5.74, 6) is -1.47. The molecule has 4 rings (SSSR count). The predicted molar refractivity (Wildman–Crippen MR) is 113 cm³/mol. The minimum Gasteiger partial charge on any atom is -0.380 e. The number of hydrogen-bond acceptors (Lipinski definition) is 5. The first-order chi connectivity index (χ1) is 14.9. The highest BCUT2D eigenvalue weighted by atomic mass is 16.3. The predicted octanol–water partition coefficient (Wildman–Crippen LogP) is 1.06. The topological polar surface area (TPSA) is 108 Å². The molecule has 0 aliphatic carbocycles. The number of nitrogens with one attached hydrogen (secondary N) is 1. The van der Waals surface area contributed by atoms with Crippen LogP contribution in [-0.4, -0.2) is 48.9 Å². The Morgan fingerprint density at radius 1 is 1.00 bits per heavy atom. The van der Waals surface area contributed by atoms with Gasteiger partial charge in [-0.15, -0.1) is 0 Å². The maximum absolute atomic E-state index is 12.5. The van der Waals surface area contributed by atoms with Crippen LogP contribution in [0.1, 0.15) is 22.4 Å². The molecule has 2 heterocycles. The average molecular weight is 420 g/mol. The van der Waals surface area contributed by atoms with Crippen molar-refractivity contribution in [2.75, 3.05) is 0 Å². The van der Waals surface area contributed by atoms with Crippen LogP contribution in [0, 0.1) is 6.92 Å². The van der Waals surface area contributed by atoms with Crippen LogP contribution in [-0.2, 0) is 29.2 Å². The molecule has 1 aromatic heterocycles. The van der Waals surface area contributed by atoms with Crippen molar-refractivity contribution in [2.45, 2.75) is 38.8 Å². The highest BCUT2D eigenvalue weighted by molar-refractivity contribution is 5.90. The molecule has 0 saturated carbocycles.